The van der Waals surface area contributed by atoms with Crippen LogP contribution < -0.4 is 10.2 Å². The number of nitriles is 1. The smallest absolute Gasteiger partial charge is 0.390 e. The average Bonchev–Trinajstić information content (AvgIpc) is 3.51. The number of pyridine rings is 1. The Morgan fingerprint density at radius 2 is 1.90 bits per heavy atom. The second-order valence-electron chi connectivity index (χ2n) is 10.7. The van der Waals surface area contributed by atoms with Crippen LogP contribution in [0.4, 0.5) is 18.9 Å². The van der Waals surface area contributed by atoms with Gasteiger partial charge in [-0.2, -0.15) is 18.4 Å². The molecule has 1 amide bonds. The lowest BCUT2D eigenvalue weighted by molar-refractivity contribution is -0.137. The van der Waals surface area contributed by atoms with Crippen LogP contribution in [0.15, 0.2) is 54.9 Å². The molecule has 3 aromatic rings. The number of amides is 1. The summed E-state index contributed by atoms with van der Waals surface area (Å²) in [6.45, 7) is 1.68. The second-order valence-corrected chi connectivity index (χ2v) is 10.7. The highest BCUT2D eigenvalue weighted by Gasteiger charge is 2.45. The van der Waals surface area contributed by atoms with Gasteiger partial charge in [0.05, 0.1) is 45.8 Å². The minimum absolute atomic E-state index is 0.0579. The first-order chi connectivity index (χ1) is 19.0. The molecule has 2 aliphatic rings. The van der Waals surface area contributed by atoms with Gasteiger partial charge in [0, 0.05) is 45.6 Å². The van der Waals surface area contributed by atoms with E-state index < -0.39 is 29.3 Å². The molecule has 2 N–H and O–H groups in total. The van der Waals surface area contributed by atoms with Crippen molar-refractivity contribution < 1.29 is 23.1 Å². The van der Waals surface area contributed by atoms with E-state index in [9.17, 15) is 28.3 Å². The van der Waals surface area contributed by atoms with E-state index in [-0.39, 0.29) is 11.5 Å². The summed E-state index contributed by atoms with van der Waals surface area (Å²) in [7, 11) is 3.81. The van der Waals surface area contributed by atoms with Crippen LogP contribution in [0.3, 0.4) is 0 Å². The van der Waals surface area contributed by atoms with Gasteiger partial charge in [0.1, 0.15) is 6.07 Å². The number of piperidine rings is 1. The second kappa shape index (κ2) is 10.6. The highest BCUT2D eigenvalue weighted by molar-refractivity contribution is 5.89. The van der Waals surface area contributed by atoms with Crippen molar-refractivity contribution in [1.29, 1.82) is 5.26 Å². The Balaban J connectivity index is 1.44. The Morgan fingerprint density at radius 1 is 1.15 bits per heavy atom. The van der Waals surface area contributed by atoms with E-state index in [1.165, 1.54) is 6.07 Å². The number of nitrogens with zero attached hydrogens (tertiary/aromatic N) is 5. The topological polar surface area (TPSA) is 97.4 Å². The molecule has 2 saturated heterocycles. The number of aromatic nitrogens is 2. The molecular weight excluding hydrogens is 521 g/mol. The van der Waals surface area contributed by atoms with Gasteiger partial charge in [-0.3, -0.25) is 9.78 Å². The van der Waals surface area contributed by atoms with E-state index in [1.54, 1.807) is 6.20 Å². The maximum atomic E-state index is 13.9. The summed E-state index contributed by atoms with van der Waals surface area (Å²) in [5, 5.41) is 23.1. The number of likely N-dealkylation sites (tertiary alicyclic amines) is 1. The van der Waals surface area contributed by atoms with E-state index in [0.29, 0.717) is 44.7 Å². The number of aliphatic hydroxyl groups is 1. The maximum absolute atomic E-state index is 13.9. The number of aliphatic hydroxyl groups excluding tert-OH is 1. The largest absolute Gasteiger partial charge is 0.416 e. The van der Waals surface area contributed by atoms with Crippen molar-refractivity contribution in [3.63, 3.8) is 0 Å². The normalized spacial score (nSPS) is 21.3. The maximum Gasteiger partial charge on any atom is 0.416 e. The molecule has 8 nitrogen and oxygen atoms in total. The predicted octanol–water partition coefficient (Wildman–Crippen LogP) is 3.31. The Morgan fingerprint density at radius 3 is 2.45 bits per heavy atom. The molecule has 11 heteroatoms. The van der Waals surface area contributed by atoms with E-state index >= 15 is 0 Å². The summed E-state index contributed by atoms with van der Waals surface area (Å²) in [6.07, 6.45) is -0.877. The summed E-state index contributed by atoms with van der Waals surface area (Å²) >= 11 is 0. The number of carbonyl (C=O) groups excluding carboxylic acids is 1. The summed E-state index contributed by atoms with van der Waals surface area (Å²) in [5.41, 5.74) is 0.950. The van der Waals surface area contributed by atoms with Crippen LogP contribution in [0.1, 0.15) is 29.5 Å². The Kier molecular flexibility index (Phi) is 7.33. The Bertz CT molecular complexity index is 1420. The van der Waals surface area contributed by atoms with Crippen molar-refractivity contribution in [2.24, 2.45) is 7.05 Å². The van der Waals surface area contributed by atoms with Crippen LogP contribution in [0, 0.1) is 11.3 Å². The number of β-amino-alcohol motifs (C(OH)–C–C–N with tert-alkyl or cyclic N) is 1. The number of aryl methyl sites for hydroxylation is 1. The Labute approximate surface area is 230 Å². The number of benzene rings is 1. The molecule has 1 aromatic carbocycles. The van der Waals surface area contributed by atoms with Crippen molar-refractivity contribution >= 4 is 11.6 Å². The molecule has 0 aliphatic carbocycles. The van der Waals surface area contributed by atoms with Gasteiger partial charge in [0.15, 0.2) is 0 Å². The average molecular weight is 553 g/mol. The minimum Gasteiger partial charge on any atom is -0.390 e. The monoisotopic (exact) mass is 552 g/mol. The van der Waals surface area contributed by atoms with Gasteiger partial charge < -0.3 is 24.8 Å². The number of alkyl halides is 3. The standard InChI is InChI=1S/C29H31F3N6O2/c1-36-17-23(26(39)18-36)35-27(40)28(21-5-7-22(34-16-21)25-4-3-11-37(25)2)9-12-38(13-10-28)24-8-6-20(29(30,31)32)14-19(24)15-33/h3-8,11,14,16,23,26,39H,9-10,12-13,17-18H2,1-2H3,(H,35,40)/t23-,26-/m0/s1. The van der Waals surface area contributed by atoms with Gasteiger partial charge in [0.2, 0.25) is 5.91 Å². The summed E-state index contributed by atoms with van der Waals surface area (Å²) < 4.78 is 41.6. The van der Waals surface area contributed by atoms with E-state index in [1.807, 2.05) is 65.0 Å². The molecule has 2 aliphatic heterocycles. The first kappa shape index (κ1) is 27.7. The van der Waals surface area contributed by atoms with Crippen LogP contribution in [-0.2, 0) is 23.4 Å². The number of hydrogen-bond acceptors (Lipinski definition) is 6. The fourth-order valence-corrected chi connectivity index (χ4v) is 5.84. The quantitative estimate of drug-likeness (QED) is 0.504. The zero-order valence-corrected chi connectivity index (χ0v) is 22.3. The number of nitrogens with one attached hydrogen (secondary N) is 1. The van der Waals surface area contributed by atoms with Crippen LogP contribution in [0.25, 0.3) is 11.4 Å². The first-order valence-corrected chi connectivity index (χ1v) is 13.1. The summed E-state index contributed by atoms with van der Waals surface area (Å²) in [5.74, 6) is -0.215. The van der Waals surface area contributed by atoms with Crippen LogP contribution >= 0.6 is 0 Å². The minimum atomic E-state index is -4.54. The third-order valence-electron chi connectivity index (χ3n) is 8.15. The highest BCUT2D eigenvalue weighted by Crippen LogP contribution is 2.40. The van der Waals surface area contributed by atoms with Crippen LogP contribution in [0.5, 0.6) is 0 Å². The summed E-state index contributed by atoms with van der Waals surface area (Å²) in [6, 6.07) is 12.3. The van der Waals surface area contributed by atoms with Crippen molar-refractivity contribution in [2.45, 2.75) is 36.6 Å². The van der Waals surface area contributed by atoms with Gasteiger partial charge in [-0.05, 0) is 61.9 Å². The molecule has 2 fully saturated rings. The highest BCUT2D eigenvalue weighted by atomic mass is 19.4. The molecule has 0 saturated carbocycles. The molecule has 40 heavy (non-hydrogen) atoms. The fourth-order valence-electron chi connectivity index (χ4n) is 5.84. The molecule has 5 rings (SSSR count). The van der Waals surface area contributed by atoms with Crippen molar-refractivity contribution in [1.82, 2.24) is 19.8 Å². The van der Waals surface area contributed by atoms with E-state index in [4.69, 9.17) is 0 Å². The number of halogens is 3. The van der Waals surface area contributed by atoms with Gasteiger partial charge in [0.25, 0.3) is 0 Å². The first-order valence-electron chi connectivity index (χ1n) is 13.1. The van der Waals surface area contributed by atoms with Crippen molar-refractivity contribution in [3.8, 4) is 17.5 Å². The lowest BCUT2D eigenvalue weighted by Crippen LogP contribution is -2.55. The number of hydrogen-bond donors (Lipinski definition) is 2. The molecule has 2 atom stereocenters. The van der Waals surface area contributed by atoms with Crippen LogP contribution in [-0.4, -0.2) is 70.8 Å². The molecule has 2 aromatic heterocycles. The molecule has 210 valence electrons. The fraction of sp³-hybridized carbons (Fsp3) is 0.414. The SMILES string of the molecule is CN1C[C@H](NC(=O)C2(c3ccc(-c4cccn4C)nc3)CCN(c3ccc(C(F)(F)F)cc3C#N)CC2)[C@@H](O)C1. The van der Waals surface area contributed by atoms with E-state index in [0.717, 1.165) is 29.1 Å². The van der Waals surface area contributed by atoms with E-state index in [2.05, 4.69) is 10.3 Å². The number of anilines is 1. The number of rotatable bonds is 5. The van der Waals surface area contributed by atoms with Crippen molar-refractivity contribution in [2.75, 3.05) is 38.1 Å². The van der Waals surface area contributed by atoms with Gasteiger partial charge in [-0.1, -0.05) is 6.07 Å². The molecular formula is C29H31F3N6O2. The number of likely N-dealkylation sites (N-methyl/N-ethyl adjacent to an activating group) is 1. The molecule has 0 unspecified atom stereocenters. The third kappa shape index (κ3) is 5.17. The zero-order chi connectivity index (χ0) is 28.7. The summed E-state index contributed by atoms with van der Waals surface area (Å²) in [4.78, 5) is 22.4. The lowest BCUT2D eigenvalue weighted by atomic mass is 9.72. The Hall–Kier alpha value is -3.88. The van der Waals surface area contributed by atoms with Gasteiger partial charge in [-0.25, -0.2) is 0 Å². The molecule has 0 spiro atoms. The molecule has 0 radical (unpaired) electrons. The van der Waals surface area contributed by atoms with Gasteiger partial charge in [-0.15, -0.1) is 0 Å². The number of carbonyl (C=O) groups is 1. The zero-order valence-electron chi connectivity index (χ0n) is 22.3. The predicted molar refractivity (Wildman–Crippen MR) is 143 cm³/mol. The van der Waals surface area contributed by atoms with Crippen molar-refractivity contribution in [3.05, 3.63) is 71.5 Å². The molecule has 4 heterocycles. The third-order valence-corrected chi connectivity index (χ3v) is 8.15. The lowest BCUT2D eigenvalue weighted by Gasteiger charge is -2.42. The van der Waals surface area contributed by atoms with Gasteiger partial charge >= 0.3 is 6.18 Å². The molecule has 0 bridgehead atoms. The van der Waals surface area contributed by atoms with Crippen LogP contribution in [0.2, 0.25) is 0 Å².